The van der Waals surface area contributed by atoms with Gasteiger partial charge in [-0.05, 0) is 19.1 Å². The molecule has 1 aromatic heterocycles. The van der Waals surface area contributed by atoms with Crippen LogP contribution in [0.15, 0.2) is 24.3 Å². The Hall–Kier alpha value is -2.39. The molecule has 0 radical (unpaired) electrons. The molecule has 0 saturated carbocycles. The highest BCUT2D eigenvalue weighted by atomic mass is 15.3. The number of benzene rings is 1. The van der Waals surface area contributed by atoms with Crippen LogP contribution in [0.5, 0.6) is 0 Å². The van der Waals surface area contributed by atoms with Crippen molar-refractivity contribution in [2.24, 2.45) is 5.84 Å². The molecule has 0 aliphatic rings. The van der Waals surface area contributed by atoms with Crippen LogP contribution in [0.1, 0.15) is 13.3 Å². The second-order valence-corrected chi connectivity index (χ2v) is 4.02. The lowest BCUT2D eigenvalue weighted by Crippen LogP contribution is -2.26. The molecule has 0 aliphatic heterocycles. The van der Waals surface area contributed by atoms with Crippen LogP contribution in [0.3, 0.4) is 0 Å². The number of anilines is 2. The van der Waals surface area contributed by atoms with Gasteiger partial charge in [0.05, 0.1) is 18.0 Å². The van der Waals surface area contributed by atoms with Gasteiger partial charge in [-0.15, -0.1) is 0 Å². The Labute approximate surface area is 111 Å². The van der Waals surface area contributed by atoms with Crippen LogP contribution < -0.4 is 16.2 Å². The predicted octanol–water partition coefficient (Wildman–Crippen LogP) is 1.66. The normalized spacial score (nSPS) is 10.2. The number of nitriles is 1. The molecule has 1 heterocycles. The second-order valence-electron chi connectivity index (χ2n) is 4.02. The fraction of sp³-hybridized carbons (Fsp3) is 0.308. The molecule has 0 spiro atoms. The zero-order chi connectivity index (χ0) is 13.7. The Balaban J connectivity index is 2.53. The number of nitrogens with one attached hydrogen (secondary N) is 1. The van der Waals surface area contributed by atoms with Gasteiger partial charge in [-0.25, -0.2) is 10.8 Å². The molecule has 98 valence electrons. The van der Waals surface area contributed by atoms with Crippen LogP contribution in [0.4, 0.5) is 11.8 Å². The summed E-state index contributed by atoms with van der Waals surface area (Å²) >= 11 is 0. The van der Waals surface area contributed by atoms with Gasteiger partial charge in [-0.1, -0.05) is 12.1 Å². The van der Waals surface area contributed by atoms with Crippen molar-refractivity contribution in [3.63, 3.8) is 0 Å². The standard InChI is InChI=1S/C13H16N6/c1-2-19(9-5-8-14)12-10-6-3-4-7-11(10)16-13(17-12)18-15/h3-4,6-7H,2,5,9,15H2,1H3,(H,16,17,18). The van der Waals surface area contributed by atoms with E-state index in [2.05, 4.69) is 21.5 Å². The van der Waals surface area contributed by atoms with Crippen molar-refractivity contribution in [2.75, 3.05) is 23.4 Å². The summed E-state index contributed by atoms with van der Waals surface area (Å²) in [6, 6.07) is 9.91. The third-order valence-electron chi connectivity index (χ3n) is 2.89. The van der Waals surface area contributed by atoms with Gasteiger partial charge < -0.3 is 4.90 Å². The zero-order valence-electron chi connectivity index (χ0n) is 10.8. The third kappa shape index (κ3) is 2.72. The van der Waals surface area contributed by atoms with Crippen molar-refractivity contribution in [3.8, 4) is 6.07 Å². The lowest BCUT2D eigenvalue weighted by Gasteiger charge is -2.22. The van der Waals surface area contributed by atoms with Crippen molar-refractivity contribution in [1.29, 1.82) is 5.26 Å². The van der Waals surface area contributed by atoms with Gasteiger partial charge >= 0.3 is 0 Å². The van der Waals surface area contributed by atoms with Gasteiger partial charge in [0.2, 0.25) is 5.95 Å². The lowest BCUT2D eigenvalue weighted by molar-refractivity contribution is 0.813. The average Bonchev–Trinajstić information content (AvgIpc) is 2.47. The SMILES string of the molecule is CCN(CCC#N)c1nc(NN)nc2ccccc12. The molecule has 0 atom stereocenters. The average molecular weight is 256 g/mol. The van der Waals surface area contributed by atoms with Crippen molar-refractivity contribution in [1.82, 2.24) is 9.97 Å². The van der Waals surface area contributed by atoms with Crippen LogP contribution in [0, 0.1) is 11.3 Å². The quantitative estimate of drug-likeness (QED) is 0.624. The number of nitrogens with two attached hydrogens (primary N) is 1. The first kappa shape index (κ1) is 13.1. The number of nitrogens with zero attached hydrogens (tertiary/aromatic N) is 4. The highest BCUT2D eigenvalue weighted by Gasteiger charge is 2.12. The molecule has 3 N–H and O–H groups in total. The predicted molar refractivity (Wildman–Crippen MR) is 75.5 cm³/mol. The molecule has 0 bridgehead atoms. The van der Waals surface area contributed by atoms with E-state index in [1.165, 1.54) is 0 Å². The fourth-order valence-corrected chi connectivity index (χ4v) is 1.96. The van der Waals surface area contributed by atoms with Gasteiger partial charge in [0, 0.05) is 18.5 Å². The van der Waals surface area contributed by atoms with E-state index in [1.807, 2.05) is 36.1 Å². The van der Waals surface area contributed by atoms with Crippen LogP contribution in [0.2, 0.25) is 0 Å². The molecule has 0 saturated heterocycles. The summed E-state index contributed by atoms with van der Waals surface area (Å²) in [6.07, 6.45) is 0.456. The van der Waals surface area contributed by atoms with Crippen molar-refractivity contribution in [2.45, 2.75) is 13.3 Å². The molecule has 0 fully saturated rings. The van der Waals surface area contributed by atoms with E-state index in [4.69, 9.17) is 11.1 Å². The summed E-state index contributed by atoms with van der Waals surface area (Å²) in [6.45, 7) is 3.44. The summed E-state index contributed by atoms with van der Waals surface area (Å²) < 4.78 is 0. The molecular formula is C13H16N6. The molecule has 1 aromatic carbocycles. The van der Waals surface area contributed by atoms with Gasteiger partial charge in [-0.2, -0.15) is 10.2 Å². The summed E-state index contributed by atoms with van der Waals surface area (Å²) in [7, 11) is 0. The Kier molecular flexibility index (Phi) is 4.11. The molecule has 6 nitrogen and oxygen atoms in total. The van der Waals surface area contributed by atoms with E-state index in [9.17, 15) is 0 Å². The maximum Gasteiger partial charge on any atom is 0.239 e. The van der Waals surface area contributed by atoms with E-state index in [0.29, 0.717) is 18.9 Å². The topological polar surface area (TPSA) is 90.9 Å². The summed E-state index contributed by atoms with van der Waals surface area (Å²) in [4.78, 5) is 10.8. The minimum atomic E-state index is 0.379. The van der Waals surface area contributed by atoms with E-state index >= 15 is 0 Å². The van der Waals surface area contributed by atoms with Gasteiger partial charge in [-0.3, -0.25) is 5.43 Å². The number of rotatable bonds is 5. The molecule has 6 heteroatoms. The first-order valence-electron chi connectivity index (χ1n) is 6.15. The third-order valence-corrected chi connectivity index (χ3v) is 2.89. The van der Waals surface area contributed by atoms with Crippen molar-refractivity contribution < 1.29 is 0 Å². The summed E-state index contributed by atoms with van der Waals surface area (Å²) in [5, 5.41) is 9.69. The highest BCUT2D eigenvalue weighted by Crippen LogP contribution is 2.25. The maximum absolute atomic E-state index is 8.73. The monoisotopic (exact) mass is 256 g/mol. The van der Waals surface area contributed by atoms with Crippen LogP contribution in [-0.2, 0) is 0 Å². The molecule has 0 amide bonds. The molecule has 2 aromatic rings. The number of hydrogen-bond acceptors (Lipinski definition) is 6. The number of hydrazine groups is 1. The second kappa shape index (κ2) is 5.98. The Morgan fingerprint density at radius 3 is 2.84 bits per heavy atom. The number of hydrogen-bond donors (Lipinski definition) is 2. The lowest BCUT2D eigenvalue weighted by atomic mass is 10.2. The molecular weight excluding hydrogens is 240 g/mol. The minimum Gasteiger partial charge on any atom is -0.355 e. The molecule has 2 rings (SSSR count). The van der Waals surface area contributed by atoms with E-state index in [0.717, 1.165) is 23.3 Å². The van der Waals surface area contributed by atoms with E-state index in [-0.39, 0.29) is 0 Å². The zero-order valence-corrected chi connectivity index (χ0v) is 10.8. The molecule has 0 unspecified atom stereocenters. The van der Waals surface area contributed by atoms with E-state index < -0.39 is 0 Å². The van der Waals surface area contributed by atoms with Gasteiger partial charge in [0.1, 0.15) is 5.82 Å². The Bertz CT molecular complexity index is 604. The van der Waals surface area contributed by atoms with E-state index in [1.54, 1.807) is 0 Å². The number of para-hydroxylation sites is 1. The number of nitrogen functional groups attached to an aromatic ring is 1. The van der Waals surface area contributed by atoms with Crippen molar-refractivity contribution in [3.05, 3.63) is 24.3 Å². The Morgan fingerprint density at radius 2 is 2.16 bits per heavy atom. The molecule has 0 aliphatic carbocycles. The minimum absolute atomic E-state index is 0.379. The Morgan fingerprint density at radius 1 is 1.37 bits per heavy atom. The summed E-state index contributed by atoms with van der Waals surface area (Å²) in [5.41, 5.74) is 3.31. The summed E-state index contributed by atoms with van der Waals surface area (Å²) in [5.74, 6) is 6.59. The first-order valence-corrected chi connectivity index (χ1v) is 6.15. The smallest absolute Gasteiger partial charge is 0.239 e. The van der Waals surface area contributed by atoms with Gasteiger partial charge in [0.15, 0.2) is 0 Å². The highest BCUT2D eigenvalue weighted by molar-refractivity contribution is 5.90. The van der Waals surface area contributed by atoms with Crippen LogP contribution in [-0.4, -0.2) is 23.1 Å². The number of aromatic nitrogens is 2. The van der Waals surface area contributed by atoms with Gasteiger partial charge in [0.25, 0.3) is 0 Å². The maximum atomic E-state index is 8.73. The van der Waals surface area contributed by atoms with Crippen LogP contribution >= 0.6 is 0 Å². The largest absolute Gasteiger partial charge is 0.355 e. The number of fused-ring (bicyclic) bond motifs is 1. The fourth-order valence-electron chi connectivity index (χ4n) is 1.96. The van der Waals surface area contributed by atoms with Crippen molar-refractivity contribution >= 4 is 22.7 Å². The molecule has 19 heavy (non-hydrogen) atoms. The first-order chi connectivity index (χ1) is 9.30. The van der Waals surface area contributed by atoms with Crippen LogP contribution in [0.25, 0.3) is 10.9 Å².